The topological polar surface area (TPSA) is 72.4 Å². The van der Waals surface area contributed by atoms with Crippen molar-refractivity contribution in [3.05, 3.63) is 99.6 Å². The smallest absolute Gasteiger partial charge is 0.340 e. The van der Waals surface area contributed by atoms with Crippen LogP contribution < -0.4 is 4.90 Å². The normalized spacial score (nSPS) is 10.6. The fraction of sp³-hybridized carbons (Fsp3) is 0.0833. The third kappa shape index (κ3) is 5.96. The molecule has 0 aliphatic heterocycles. The van der Waals surface area contributed by atoms with Gasteiger partial charge in [-0.1, -0.05) is 65.7 Å². The largest absolute Gasteiger partial charge is 0.452 e. The Hall–Kier alpha value is -3.26. The van der Waals surface area contributed by atoms with Gasteiger partial charge >= 0.3 is 5.97 Å². The summed E-state index contributed by atoms with van der Waals surface area (Å²) in [6.07, 6.45) is 1.30. The fourth-order valence-corrected chi connectivity index (χ4v) is 4.04. The number of aromatic nitrogens is 2. The third-order valence-corrected chi connectivity index (χ3v) is 5.98. The zero-order chi connectivity index (χ0) is 23.2. The average molecular weight is 498 g/mol. The van der Waals surface area contributed by atoms with Crippen LogP contribution in [-0.4, -0.2) is 28.5 Å². The molecule has 0 saturated heterocycles. The summed E-state index contributed by atoms with van der Waals surface area (Å²) in [5.41, 5.74) is 2.74. The fourth-order valence-electron chi connectivity index (χ4n) is 2.96. The molecule has 0 spiro atoms. The van der Waals surface area contributed by atoms with Gasteiger partial charge in [-0.2, -0.15) is 0 Å². The van der Waals surface area contributed by atoms with E-state index in [1.807, 2.05) is 47.8 Å². The molecule has 4 rings (SSSR count). The van der Waals surface area contributed by atoms with Crippen LogP contribution in [0, 0.1) is 0 Å². The van der Waals surface area contributed by atoms with E-state index in [4.69, 9.17) is 27.9 Å². The quantitative estimate of drug-likeness (QED) is 0.234. The van der Waals surface area contributed by atoms with E-state index < -0.39 is 18.5 Å². The molecule has 0 bridgehead atoms. The van der Waals surface area contributed by atoms with Crippen molar-refractivity contribution >= 4 is 51.5 Å². The van der Waals surface area contributed by atoms with E-state index >= 15 is 0 Å². The van der Waals surface area contributed by atoms with Crippen LogP contribution >= 0.6 is 34.5 Å². The predicted molar refractivity (Wildman–Crippen MR) is 130 cm³/mol. The van der Waals surface area contributed by atoms with E-state index in [9.17, 15) is 9.59 Å². The summed E-state index contributed by atoms with van der Waals surface area (Å²) in [6.45, 7) is -0.155. The lowest BCUT2D eigenvalue weighted by atomic mass is 10.2. The molecule has 0 aliphatic carbocycles. The van der Waals surface area contributed by atoms with Gasteiger partial charge in [0.1, 0.15) is 5.15 Å². The second kappa shape index (κ2) is 10.6. The molecule has 0 unspecified atom stereocenters. The molecule has 4 aromatic rings. The minimum absolute atomic E-state index is 0.209. The molecular formula is C24H17Cl2N3O3S. The molecule has 0 atom stereocenters. The third-order valence-electron chi connectivity index (χ3n) is 4.64. The van der Waals surface area contributed by atoms with Gasteiger partial charge in [0.05, 0.1) is 17.8 Å². The maximum Gasteiger partial charge on any atom is 0.340 e. The molecule has 9 heteroatoms. The lowest BCUT2D eigenvalue weighted by Crippen LogP contribution is -2.34. The number of nitrogens with zero attached hydrogens (tertiary/aromatic N) is 3. The first-order valence-electron chi connectivity index (χ1n) is 9.84. The van der Waals surface area contributed by atoms with Gasteiger partial charge in [-0.05, 0) is 29.8 Å². The monoisotopic (exact) mass is 497 g/mol. The summed E-state index contributed by atoms with van der Waals surface area (Å²) in [6, 6.07) is 19.8. The van der Waals surface area contributed by atoms with E-state index in [0.717, 1.165) is 16.8 Å². The van der Waals surface area contributed by atoms with Crippen LogP contribution in [0.25, 0.3) is 11.3 Å². The molecule has 0 saturated carbocycles. The number of anilines is 1. The summed E-state index contributed by atoms with van der Waals surface area (Å²) in [4.78, 5) is 35.4. The van der Waals surface area contributed by atoms with Gasteiger partial charge in [0.25, 0.3) is 5.91 Å². The lowest BCUT2D eigenvalue weighted by Gasteiger charge is -2.20. The van der Waals surface area contributed by atoms with Crippen LogP contribution in [0.4, 0.5) is 5.13 Å². The number of hydrogen-bond donors (Lipinski definition) is 0. The maximum atomic E-state index is 13.1. The van der Waals surface area contributed by atoms with Crippen LogP contribution in [0.15, 0.2) is 78.3 Å². The Bertz CT molecular complexity index is 1250. The number of pyridine rings is 1. The van der Waals surface area contributed by atoms with E-state index in [2.05, 4.69) is 9.97 Å². The van der Waals surface area contributed by atoms with E-state index in [0.29, 0.717) is 10.2 Å². The van der Waals surface area contributed by atoms with Crippen LogP contribution in [0.1, 0.15) is 15.9 Å². The highest BCUT2D eigenvalue weighted by molar-refractivity contribution is 7.14. The summed E-state index contributed by atoms with van der Waals surface area (Å²) in [5, 5.41) is 3.26. The highest BCUT2D eigenvalue weighted by atomic mass is 35.5. The van der Waals surface area contributed by atoms with E-state index in [1.165, 1.54) is 34.6 Å². The van der Waals surface area contributed by atoms with Gasteiger partial charge in [0.2, 0.25) is 0 Å². The SMILES string of the molecule is O=C(OCC(=O)N(Cc1ccccc1)c1nc(-c2ccc(Cl)cc2)cs1)c1ccc(Cl)nc1. The first-order valence-corrected chi connectivity index (χ1v) is 11.5. The van der Waals surface area contributed by atoms with Crippen LogP contribution in [0.5, 0.6) is 0 Å². The Balaban J connectivity index is 1.53. The molecule has 166 valence electrons. The molecule has 2 aromatic carbocycles. The van der Waals surface area contributed by atoms with Gasteiger partial charge in [-0.3, -0.25) is 9.69 Å². The molecule has 0 fully saturated rings. The van der Waals surface area contributed by atoms with Crippen LogP contribution in [-0.2, 0) is 16.1 Å². The van der Waals surface area contributed by atoms with Crippen molar-refractivity contribution in [2.24, 2.45) is 0 Å². The number of benzene rings is 2. The number of carbonyl (C=O) groups is 2. The van der Waals surface area contributed by atoms with Gasteiger partial charge in [-0.25, -0.2) is 14.8 Å². The first-order chi connectivity index (χ1) is 16.0. The zero-order valence-electron chi connectivity index (χ0n) is 17.2. The highest BCUT2D eigenvalue weighted by Gasteiger charge is 2.22. The van der Waals surface area contributed by atoms with Crippen molar-refractivity contribution in [3.63, 3.8) is 0 Å². The zero-order valence-corrected chi connectivity index (χ0v) is 19.5. The van der Waals surface area contributed by atoms with Crippen molar-refractivity contribution < 1.29 is 14.3 Å². The molecule has 0 radical (unpaired) electrons. The molecule has 33 heavy (non-hydrogen) atoms. The molecule has 2 heterocycles. The van der Waals surface area contributed by atoms with Crippen molar-refractivity contribution in [2.45, 2.75) is 6.54 Å². The number of hydrogen-bond acceptors (Lipinski definition) is 6. The Morgan fingerprint density at radius 1 is 0.970 bits per heavy atom. The highest BCUT2D eigenvalue weighted by Crippen LogP contribution is 2.29. The van der Waals surface area contributed by atoms with Gasteiger partial charge in [0, 0.05) is 22.2 Å². The molecule has 0 aliphatic rings. The predicted octanol–water partition coefficient (Wildman–Crippen LogP) is 5.90. The molecular weight excluding hydrogens is 481 g/mol. The molecule has 2 aromatic heterocycles. The Kier molecular flexibility index (Phi) is 7.34. The lowest BCUT2D eigenvalue weighted by molar-refractivity contribution is -0.121. The van der Waals surface area contributed by atoms with Gasteiger partial charge < -0.3 is 4.74 Å². The minimum atomic E-state index is -0.659. The van der Waals surface area contributed by atoms with Crippen molar-refractivity contribution in [2.75, 3.05) is 11.5 Å². The Morgan fingerprint density at radius 2 is 1.73 bits per heavy atom. The Morgan fingerprint density at radius 3 is 2.42 bits per heavy atom. The van der Waals surface area contributed by atoms with Crippen molar-refractivity contribution in [3.8, 4) is 11.3 Å². The van der Waals surface area contributed by atoms with E-state index in [1.54, 1.807) is 12.1 Å². The molecule has 1 amide bonds. The molecule has 0 N–H and O–H groups in total. The summed E-state index contributed by atoms with van der Waals surface area (Å²) >= 11 is 13.1. The number of thiazole rings is 1. The second-order valence-corrected chi connectivity index (χ2v) is 8.59. The van der Waals surface area contributed by atoms with Crippen molar-refractivity contribution in [1.82, 2.24) is 9.97 Å². The number of amides is 1. The average Bonchev–Trinajstić information content (AvgIpc) is 3.32. The summed E-state index contributed by atoms with van der Waals surface area (Å²) < 4.78 is 5.22. The molecule has 6 nitrogen and oxygen atoms in total. The van der Waals surface area contributed by atoms with Gasteiger partial charge in [-0.15, -0.1) is 11.3 Å². The van der Waals surface area contributed by atoms with Crippen molar-refractivity contribution in [1.29, 1.82) is 0 Å². The van der Waals surface area contributed by atoms with Crippen LogP contribution in [0.3, 0.4) is 0 Å². The van der Waals surface area contributed by atoms with Gasteiger partial charge in [0.15, 0.2) is 11.7 Å². The number of ether oxygens (including phenoxy) is 1. The van der Waals surface area contributed by atoms with Crippen LogP contribution in [0.2, 0.25) is 10.2 Å². The summed E-state index contributed by atoms with van der Waals surface area (Å²) in [7, 11) is 0. The number of esters is 1. The first kappa shape index (κ1) is 22.9. The Labute approximate surface area is 204 Å². The number of rotatable bonds is 7. The standard InChI is InChI=1S/C24H17Cl2N3O3S/c25-19-9-6-17(7-10-19)20-15-33-24(28-20)29(13-16-4-2-1-3-5-16)22(30)14-32-23(31)18-8-11-21(26)27-12-18/h1-12,15H,13-14H2. The number of carbonyl (C=O) groups excluding carboxylic acids is 2. The maximum absolute atomic E-state index is 13.1. The minimum Gasteiger partial charge on any atom is -0.452 e. The summed E-state index contributed by atoms with van der Waals surface area (Å²) in [5.74, 6) is -1.06. The number of halogens is 2. The second-order valence-electron chi connectivity index (χ2n) is 6.93. The van der Waals surface area contributed by atoms with E-state index in [-0.39, 0.29) is 17.3 Å².